The molecule has 29 heavy (non-hydrogen) atoms. The number of urea groups is 1. The van der Waals surface area contributed by atoms with Crippen molar-refractivity contribution >= 4 is 40.8 Å². The predicted octanol–water partition coefficient (Wildman–Crippen LogP) is 3.17. The van der Waals surface area contributed by atoms with E-state index in [4.69, 9.17) is 4.74 Å². The van der Waals surface area contributed by atoms with E-state index in [0.717, 1.165) is 0 Å². The summed E-state index contributed by atoms with van der Waals surface area (Å²) in [6.45, 7) is 6.68. The minimum Gasteiger partial charge on any atom is -0.449 e. The number of thiophene rings is 1. The van der Waals surface area contributed by atoms with Gasteiger partial charge >= 0.3 is 12.0 Å². The van der Waals surface area contributed by atoms with Crippen LogP contribution in [-0.4, -0.2) is 35.5 Å². The van der Waals surface area contributed by atoms with Crippen molar-refractivity contribution in [2.45, 2.75) is 39.3 Å². The molecule has 0 aliphatic carbocycles. The molecule has 1 heterocycles. The SMILES string of the molecule is C[C@@H](OC(=O)c1ccc(NC(=O)c2cccs2)cc1)C(=O)NC(=O)NC(C)(C)C. The molecule has 9 heteroatoms. The average molecular weight is 417 g/mol. The lowest BCUT2D eigenvalue weighted by molar-refractivity contribution is -0.127. The standard InChI is InChI=1S/C20H23N3O5S/c1-12(16(24)22-19(27)23-20(2,3)4)28-18(26)13-7-9-14(10-8-13)21-17(25)15-6-5-11-29-15/h5-12H,1-4H3,(H,21,25)(H2,22,23,24,27)/t12-/m1/s1. The molecule has 0 unspecified atom stereocenters. The molecule has 0 aliphatic rings. The van der Waals surface area contributed by atoms with Gasteiger partial charge in [0.2, 0.25) is 0 Å². The lowest BCUT2D eigenvalue weighted by Gasteiger charge is -2.21. The Morgan fingerprint density at radius 3 is 2.24 bits per heavy atom. The maximum atomic E-state index is 12.2. The number of benzene rings is 1. The summed E-state index contributed by atoms with van der Waals surface area (Å²) in [7, 11) is 0. The highest BCUT2D eigenvalue weighted by Crippen LogP contribution is 2.15. The molecule has 2 rings (SSSR count). The second-order valence-corrected chi connectivity index (χ2v) is 8.20. The molecule has 2 aromatic rings. The van der Waals surface area contributed by atoms with Gasteiger partial charge in [-0.1, -0.05) is 6.07 Å². The summed E-state index contributed by atoms with van der Waals surface area (Å²) in [6.07, 6.45) is -1.16. The largest absolute Gasteiger partial charge is 0.449 e. The van der Waals surface area contributed by atoms with Crippen LogP contribution in [0.1, 0.15) is 47.7 Å². The quantitative estimate of drug-likeness (QED) is 0.647. The zero-order valence-corrected chi connectivity index (χ0v) is 17.4. The van der Waals surface area contributed by atoms with Crippen LogP contribution in [0.4, 0.5) is 10.5 Å². The van der Waals surface area contributed by atoms with Crippen LogP contribution in [0.2, 0.25) is 0 Å². The Balaban J connectivity index is 1.89. The first-order valence-electron chi connectivity index (χ1n) is 8.84. The van der Waals surface area contributed by atoms with Crippen molar-refractivity contribution in [3.05, 3.63) is 52.2 Å². The number of rotatable bonds is 5. The summed E-state index contributed by atoms with van der Waals surface area (Å²) in [5.74, 6) is -1.70. The van der Waals surface area contributed by atoms with Crippen molar-refractivity contribution in [2.24, 2.45) is 0 Å². The fourth-order valence-electron chi connectivity index (χ4n) is 2.16. The third-order valence-electron chi connectivity index (χ3n) is 3.50. The molecule has 4 amide bonds. The maximum absolute atomic E-state index is 12.2. The Bertz CT molecular complexity index is 886. The number of carbonyl (C=O) groups is 4. The molecule has 0 spiro atoms. The highest BCUT2D eigenvalue weighted by Gasteiger charge is 2.22. The lowest BCUT2D eigenvalue weighted by Crippen LogP contribution is -2.50. The van der Waals surface area contributed by atoms with Crippen LogP contribution in [-0.2, 0) is 9.53 Å². The van der Waals surface area contributed by atoms with Crippen molar-refractivity contribution in [1.29, 1.82) is 0 Å². The number of esters is 1. The number of hydrogen-bond acceptors (Lipinski definition) is 6. The first kappa shape index (κ1) is 22.1. The van der Waals surface area contributed by atoms with E-state index in [1.807, 2.05) is 0 Å². The van der Waals surface area contributed by atoms with Crippen molar-refractivity contribution in [3.63, 3.8) is 0 Å². The number of ether oxygens (including phenoxy) is 1. The Labute approximate surface area is 172 Å². The summed E-state index contributed by atoms with van der Waals surface area (Å²) < 4.78 is 5.09. The molecular formula is C20H23N3O5S. The molecule has 154 valence electrons. The number of carbonyl (C=O) groups excluding carboxylic acids is 4. The predicted molar refractivity (Wildman–Crippen MR) is 110 cm³/mol. The molecule has 0 radical (unpaired) electrons. The minimum absolute atomic E-state index is 0.206. The van der Waals surface area contributed by atoms with Crippen LogP contribution in [0, 0.1) is 0 Å². The van der Waals surface area contributed by atoms with E-state index in [-0.39, 0.29) is 11.5 Å². The van der Waals surface area contributed by atoms with Crippen molar-refractivity contribution in [1.82, 2.24) is 10.6 Å². The first-order valence-corrected chi connectivity index (χ1v) is 9.72. The Morgan fingerprint density at radius 2 is 1.69 bits per heavy atom. The monoisotopic (exact) mass is 417 g/mol. The number of anilines is 1. The summed E-state index contributed by atoms with van der Waals surface area (Å²) in [5.41, 5.74) is 0.216. The van der Waals surface area contributed by atoms with Gasteiger partial charge in [-0.25, -0.2) is 9.59 Å². The van der Waals surface area contributed by atoms with Crippen LogP contribution in [0.3, 0.4) is 0 Å². The number of hydrogen-bond donors (Lipinski definition) is 3. The van der Waals surface area contributed by atoms with Crippen molar-refractivity contribution < 1.29 is 23.9 Å². The van der Waals surface area contributed by atoms with Gasteiger partial charge in [-0.05, 0) is 63.4 Å². The molecule has 0 saturated carbocycles. The van der Waals surface area contributed by atoms with Gasteiger partial charge in [-0.15, -0.1) is 11.3 Å². The average Bonchev–Trinajstić information content (AvgIpc) is 3.15. The number of nitrogens with one attached hydrogen (secondary N) is 3. The Morgan fingerprint density at radius 1 is 1.03 bits per heavy atom. The number of imide groups is 1. The third-order valence-corrected chi connectivity index (χ3v) is 4.37. The first-order chi connectivity index (χ1) is 13.5. The van der Waals surface area contributed by atoms with E-state index >= 15 is 0 Å². The van der Waals surface area contributed by atoms with Gasteiger partial charge < -0.3 is 15.4 Å². The van der Waals surface area contributed by atoms with E-state index in [0.29, 0.717) is 10.6 Å². The molecule has 1 atom stereocenters. The van der Waals surface area contributed by atoms with Gasteiger partial charge in [0.1, 0.15) is 0 Å². The normalized spacial score (nSPS) is 11.9. The zero-order chi connectivity index (χ0) is 21.6. The van der Waals surface area contributed by atoms with E-state index < -0.39 is 29.6 Å². The maximum Gasteiger partial charge on any atom is 0.338 e. The Hall–Kier alpha value is -3.20. The molecule has 8 nitrogen and oxygen atoms in total. The van der Waals surface area contributed by atoms with Crippen LogP contribution in [0.15, 0.2) is 41.8 Å². The van der Waals surface area contributed by atoms with Gasteiger partial charge in [0, 0.05) is 11.2 Å². The van der Waals surface area contributed by atoms with Crippen LogP contribution in [0.25, 0.3) is 0 Å². The zero-order valence-electron chi connectivity index (χ0n) is 16.6. The second-order valence-electron chi connectivity index (χ2n) is 7.25. The fraction of sp³-hybridized carbons (Fsp3) is 0.300. The van der Waals surface area contributed by atoms with Crippen molar-refractivity contribution in [3.8, 4) is 0 Å². The van der Waals surface area contributed by atoms with Gasteiger partial charge in [0.25, 0.3) is 11.8 Å². The fourth-order valence-corrected chi connectivity index (χ4v) is 2.78. The third kappa shape index (κ3) is 7.04. The molecule has 0 bridgehead atoms. The van der Waals surface area contributed by atoms with Crippen LogP contribution < -0.4 is 16.0 Å². The van der Waals surface area contributed by atoms with E-state index in [1.54, 1.807) is 50.4 Å². The summed E-state index contributed by atoms with van der Waals surface area (Å²) in [5, 5.41) is 9.23. The summed E-state index contributed by atoms with van der Waals surface area (Å²) in [6, 6.07) is 8.89. The van der Waals surface area contributed by atoms with Gasteiger partial charge in [0.05, 0.1) is 10.4 Å². The van der Waals surface area contributed by atoms with Crippen LogP contribution in [0.5, 0.6) is 0 Å². The smallest absolute Gasteiger partial charge is 0.338 e. The molecule has 0 aliphatic heterocycles. The van der Waals surface area contributed by atoms with E-state index in [9.17, 15) is 19.2 Å². The van der Waals surface area contributed by atoms with E-state index in [2.05, 4.69) is 16.0 Å². The molecule has 1 aromatic heterocycles. The molecule has 0 fully saturated rings. The number of amides is 4. The Kier molecular flexibility index (Phi) is 7.11. The van der Waals surface area contributed by atoms with Crippen molar-refractivity contribution in [2.75, 3.05) is 5.32 Å². The summed E-state index contributed by atoms with van der Waals surface area (Å²) >= 11 is 1.32. The minimum atomic E-state index is -1.16. The molecular weight excluding hydrogens is 394 g/mol. The molecule has 3 N–H and O–H groups in total. The second kappa shape index (κ2) is 9.33. The van der Waals surface area contributed by atoms with Gasteiger partial charge in [-0.2, -0.15) is 0 Å². The van der Waals surface area contributed by atoms with E-state index in [1.165, 1.54) is 30.4 Å². The topological polar surface area (TPSA) is 114 Å². The summed E-state index contributed by atoms with van der Waals surface area (Å²) in [4.78, 5) is 48.5. The van der Waals surface area contributed by atoms with Gasteiger partial charge in [0.15, 0.2) is 6.10 Å². The highest BCUT2D eigenvalue weighted by molar-refractivity contribution is 7.12. The molecule has 0 saturated heterocycles. The highest BCUT2D eigenvalue weighted by atomic mass is 32.1. The molecule has 1 aromatic carbocycles. The van der Waals surface area contributed by atoms with Gasteiger partial charge in [-0.3, -0.25) is 14.9 Å². The lowest BCUT2D eigenvalue weighted by atomic mass is 10.1. The van der Waals surface area contributed by atoms with Crippen LogP contribution >= 0.6 is 11.3 Å².